The molecule has 0 unspecified atom stereocenters. The Morgan fingerprint density at radius 3 is 2.67 bits per heavy atom. The molecule has 5 heteroatoms. The first kappa shape index (κ1) is 18.8. The molecule has 0 saturated carbocycles. The van der Waals surface area contributed by atoms with Gasteiger partial charge in [-0.15, -0.1) is 0 Å². The van der Waals surface area contributed by atoms with Gasteiger partial charge in [0.2, 0.25) is 11.8 Å². The van der Waals surface area contributed by atoms with Crippen LogP contribution in [0, 0.1) is 11.8 Å². The van der Waals surface area contributed by atoms with Crippen LogP contribution in [-0.2, 0) is 9.59 Å². The van der Waals surface area contributed by atoms with E-state index in [1.807, 2.05) is 12.1 Å². The van der Waals surface area contributed by atoms with E-state index in [0.29, 0.717) is 24.0 Å². The summed E-state index contributed by atoms with van der Waals surface area (Å²) >= 11 is 5.89. The summed E-state index contributed by atoms with van der Waals surface area (Å²) in [5.74, 6) is 0.250. The average molecular weight is 351 g/mol. The largest absolute Gasteiger partial charge is 0.356 e. The van der Waals surface area contributed by atoms with Crippen LogP contribution < -0.4 is 10.2 Å². The van der Waals surface area contributed by atoms with E-state index >= 15 is 0 Å². The monoisotopic (exact) mass is 350 g/mol. The Balaban J connectivity index is 1.88. The topological polar surface area (TPSA) is 49.4 Å². The molecule has 2 amide bonds. The van der Waals surface area contributed by atoms with Crippen LogP contribution in [0.2, 0.25) is 5.02 Å². The molecule has 1 aromatic carbocycles. The standard InChI is InChI=1S/C19H27ClN2O2/c1-3-5-6-14(4-2)12-21-19(24)15-11-18(23)22(13-15)17-9-7-16(20)8-10-17/h7-10,14-15H,3-6,11-13H2,1-2H3,(H,21,24)/t14-,15-/m0/s1. The van der Waals surface area contributed by atoms with Crippen molar-refractivity contribution in [3.05, 3.63) is 29.3 Å². The van der Waals surface area contributed by atoms with Crippen molar-refractivity contribution in [3.63, 3.8) is 0 Å². The van der Waals surface area contributed by atoms with Crippen molar-refractivity contribution < 1.29 is 9.59 Å². The maximum atomic E-state index is 12.4. The molecule has 0 radical (unpaired) electrons. The third-order valence-electron chi connectivity index (χ3n) is 4.74. The Morgan fingerprint density at radius 2 is 2.04 bits per heavy atom. The molecule has 1 N–H and O–H groups in total. The van der Waals surface area contributed by atoms with Gasteiger partial charge in [0.1, 0.15) is 0 Å². The van der Waals surface area contributed by atoms with E-state index in [1.165, 1.54) is 12.8 Å². The minimum Gasteiger partial charge on any atom is -0.356 e. The van der Waals surface area contributed by atoms with Crippen molar-refractivity contribution in [2.45, 2.75) is 46.0 Å². The van der Waals surface area contributed by atoms with Crippen molar-refractivity contribution in [2.24, 2.45) is 11.8 Å². The first-order valence-corrected chi connectivity index (χ1v) is 9.26. The molecule has 132 valence electrons. The SMILES string of the molecule is CCCC[C@H](CC)CNC(=O)[C@H]1CC(=O)N(c2ccc(Cl)cc2)C1. The molecular formula is C19H27ClN2O2. The van der Waals surface area contributed by atoms with E-state index in [4.69, 9.17) is 11.6 Å². The maximum Gasteiger partial charge on any atom is 0.227 e. The first-order valence-electron chi connectivity index (χ1n) is 8.88. The van der Waals surface area contributed by atoms with E-state index in [2.05, 4.69) is 19.2 Å². The molecule has 1 aliphatic heterocycles. The number of amides is 2. The van der Waals surface area contributed by atoms with Crippen molar-refractivity contribution >= 4 is 29.1 Å². The van der Waals surface area contributed by atoms with Crippen LogP contribution in [0.5, 0.6) is 0 Å². The van der Waals surface area contributed by atoms with Crippen molar-refractivity contribution in [1.82, 2.24) is 5.32 Å². The van der Waals surface area contributed by atoms with Gasteiger partial charge in [-0.2, -0.15) is 0 Å². The molecule has 1 saturated heterocycles. The van der Waals surface area contributed by atoms with Crippen molar-refractivity contribution in [3.8, 4) is 0 Å². The zero-order chi connectivity index (χ0) is 17.5. The number of nitrogens with one attached hydrogen (secondary N) is 1. The molecule has 2 atom stereocenters. The molecule has 1 aromatic rings. The molecule has 4 nitrogen and oxygen atoms in total. The lowest BCUT2D eigenvalue weighted by Crippen LogP contribution is -2.35. The fourth-order valence-electron chi connectivity index (χ4n) is 3.09. The highest BCUT2D eigenvalue weighted by Crippen LogP contribution is 2.26. The van der Waals surface area contributed by atoms with Crippen molar-refractivity contribution in [1.29, 1.82) is 0 Å². The minimum absolute atomic E-state index is 0.00417. The number of carbonyl (C=O) groups is 2. The predicted octanol–water partition coefficient (Wildman–Crippen LogP) is 4.03. The molecule has 0 aromatic heterocycles. The summed E-state index contributed by atoms with van der Waals surface area (Å²) in [6, 6.07) is 7.16. The van der Waals surface area contributed by atoms with Gasteiger partial charge in [0.05, 0.1) is 5.92 Å². The Kier molecular flexibility index (Phi) is 7.10. The second kappa shape index (κ2) is 9.07. The molecule has 1 aliphatic rings. The van der Waals surface area contributed by atoms with Gasteiger partial charge in [-0.25, -0.2) is 0 Å². The van der Waals surface area contributed by atoms with Gasteiger partial charge in [-0.05, 0) is 36.6 Å². The second-order valence-corrected chi connectivity index (χ2v) is 6.98. The number of nitrogens with zero attached hydrogens (tertiary/aromatic N) is 1. The van der Waals surface area contributed by atoms with Crippen LogP contribution in [0.1, 0.15) is 46.0 Å². The maximum absolute atomic E-state index is 12.4. The molecular weight excluding hydrogens is 324 g/mol. The zero-order valence-electron chi connectivity index (χ0n) is 14.6. The van der Waals surface area contributed by atoms with Gasteiger partial charge in [-0.3, -0.25) is 9.59 Å². The van der Waals surface area contributed by atoms with Gasteiger partial charge in [0, 0.05) is 30.2 Å². The molecule has 1 heterocycles. The van der Waals surface area contributed by atoms with Crippen LogP contribution in [0.4, 0.5) is 5.69 Å². The Morgan fingerprint density at radius 1 is 1.33 bits per heavy atom. The van der Waals surface area contributed by atoms with Gasteiger partial charge < -0.3 is 10.2 Å². The highest BCUT2D eigenvalue weighted by atomic mass is 35.5. The Labute approximate surface area is 149 Å². The van der Waals surface area contributed by atoms with E-state index in [1.54, 1.807) is 17.0 Å². The number of anilines is 1. The number of hydrogen-bond donors (Lipinski definition) is 1. The summed E-state index contributed by atoms with van der Waals surface area (Å²) in [7, 11) is 0. The summed E-state index contributed by atoms with van der Waals surface area (Å²) in [5.41, 5.74) is 0.800. The second-order valence-electron chi connectivity index (χ2n) is 6.54. The summed E-state index contributed by atoms with van der Waals surface area (Å²) in [6.45, 7) is 5.49. The number of carbonyl (C=O) groups excluding carboxylic acids is 2. The molecule has 24 heavy (non-hydrogen) atoms. The van der Waals surface area contributed by atoms with Crippen LogP contribution in [0.3, 0.4) is 0 Å². The van der Waals surface area contributed by atoms with E-state index in [9.17, 15) is 9.59 Å². The quantitative estimate of drug-likeness (QED) is 0.769. The lowest BCUT2D eigenvalue weighted by molar-refractivity contribution is -0.126. The number of unbranched alkanes of at least 4 members (excludes halogenated alkanes) is 1. The minimum atomic E-state index is -0.267. The predicted molar refractivity (Wildman–Crippen MR) is 98.2 cm³/mol. The van der Waals surface area contributed by atoms with Crippen molar-refractivity contribution in [2.75, 3.05) is 18.0 Å². The highest BCUT2D eigenvalue weighted by molar-refractivity contribution is 6.30. The molecule has 1 fully saturated rings. The first-order chi connectivity index (χ1) is 11.5. The average Bonchev–Trinajstić information content (AvgIpc) is 2.97. The molecule has 0 bridgehead atoms. The Hall–Kier alpha value is -1.55. The fraction of sp³-hybridized carbons (Fsp3) is 0.579. The third kappa shape index (κ3) is 4.97. The number of halogens is 1. The summed E-state index contributed by atoms with van der Waals surface area (Å²) in [4.78, 5) is 26.3. The number of benzene rings is 1. The van der Waals surface area contributed by atoms with Crippen LogP contribution in [0.15, 0.2) is 24.3 Å². The van der Waals surface area contributed by atoms with Gasteiger partial charge in [0.25, 0.3) is 0 Å². The molecule has 2 rings (SSSR count). The number of hydrogen-bond acceptors (Lipinski definition) is 2. The van der Waals surface area contributed by atoms with Gasteiger partial charge in [0.15, 0.2) is 0 Å². The smallest absolute Gasteiger partial charge is 0.227 e. The lowest BCUT2D eigenvalue weighted by atomic mass is 9.99. The zero-order valence-corrected chi connectivity index (χ0v) is 15.3. The van der Waals surface area contributed by atoms with Gasteiger partial charge in [-0.1, -0.05) is 44.7 Å². The van der Waals surface area contributed by atoms with E-state index in [-0.39, 0.29) is 24.2 Å². The summed E-state index contributed by atoms with van der Waals surface area (Å²) < 4.78 is 0. The normalized spacial score (nSPS) is 18.7. The number of rotatable bonds is 8. The summed E-state index contributed by atoms with van der Waals surface area (Å²) in [5, 5.41) is 3.68. The van der Waals surface area contributed by atoms with Gasteiger partial charge >= 0.3 is 0 Å². The van der Waals surface area contributed by atoms with E-state index in [0.717, 1.165) is 18.5 Å². The lowest BCUT2D eigenvalue weighted by Gasteiger charge is -2.18. The third-order valence-corrected chi connectivity index (χ3v) is 4.99. The van der Waals surface area contributed by atoms with Crippen LogP contribution in [0.25, 0.3) is 0 Å². The van der Waals surface area contributed by atoms with Crippen LogP contribution >= 0.6 is 11.6 Å². The van der Waals surface area contributed by atoms with Crippen LogP contribution in [-0.4, -0.2) is 24.9 Å². The Bertz CT molecular complexity index is 559. The summed E-state index contributed by atoms with van der Waals surface area (Å²) in [6.07, 6.45) is 4.87. The molecule has 0 aliphatic carbocycles. The fourth-order valence-corrected chi connectivity index (χ4v) is 3.21. The van der Waals surface area contributed by atoms with E-state index < -0.39 is 0 Å². The highest BCUT2D eigenvalue weighted by Gasteiger charge is 2.35. The molecule has 0 spiro atoms.